The average Bonchev–Trinajstić information content (AvgIpc) is 2.38. The summed E-state index contributed by atoms with van der Waals surface area (Å²) in [6.07, 6.45) is 1.30. The van der Waals surface area contributed by atoms with Crippen LogP contribution in [0.15, 0.2) is 48.5 Å². The zero-order valence-corrected chi connectivity index (χ0v) is 10.3. The van der Waals surface area contributed by atoms with E-state index in [-0.39, 0.29) is 11.6 Å². The van der Waals surface area contributed by atoms with E-state index in [2.05, 4.69) is 0 Å². The number of carbonyl (C=O) groups is 1. The van der Waals surface area contributed by atoms with E-state index in [1.165, 1.54) is 6.07 Å². The summed E-state index contributed by atoms with van der Waals surface area (Å²) in [5.74, 6) is -0.0258. The highest BCUT2D eigenvalue weighted by atomic mass is 19.1. The van der Waals surface area contributed by atoms with Gasteiger partial charge in [-0.25, -0.2) is 4.39 Å². The van der Waals surface area contributed by atoms with Crippen molar-refractivity contribution in [3.05, 3.63) is 59.9 Å². The number of rotatable bonds is 4. The fraction of sp³-hybridized carbons (Fsp3) is 0.188. The van der Waals surface area contributed by atoms with Crippen LogP contribution in [0.1, 0.15) is 18.9 Å². The summed E-state index contributed by atoms with van der Waals surface area (Å²) in [7, 11) is 0. The number of benzene rings is 2. The summed E-state index contributed by atoms with van der Waals surface area (Å²) in [5.41, 5.74) is 2.57. The molecule has 2 rings (SSSR count). The lowest BCUT2D eigenvalue weighted by Crippen LogP contribution is -1.93. The van der Waals surface area contributed by atoms with Crippen LogP contribution in [0.5, 0.6) is 0 Å². The van der Waals surface area contributed by atoms with Gasteiger partial charge in [-0.2, -0.15) is 0 Å². The fourth-order valence-electron chi connectivity index (χ4n) is 1.87. The SMILES string of the molecule is CC(=O)CCc1ccc(-c2ccccc2F)cc1. The normalized spacial score (nSPS) is 10.3. The fourth-order valence-corrected chi connectivity index (χ4v) is 1.87. The van der Waals surface area contributed by atoms with Crippen molar-refractivity contribution < 1.29 is 9.18 Å². The molecule has 0 saturated carbocycles. The van der Waals surface area contributed by atoms with E-state index in [4.69, 9.17) is 0 Å². The molecule has 0 unspecified atom stereocenters. The van der Waals surface area contributed by atoms with Crippen LogP contribution in [-0.2, 0) is 11.2 Å². The van der Waals surface area contributed by atoms with Gasteiger partial charge < -0.3 is 4.79 Å². The van der Waals surface area contributed by atoms with Crippen LogP contribution in [0.4, 0.5) is 4.39 Å². The zero-order chi connectivity index (χ0) is 13.0. The van der Waals surface area contributed by atoms with Gasteiger partial charge in [0.2, 0.25) is 0 Å². The summed E-state index contributed by atoms with van der Waals surface area (Å²) in [4.78, 5) is 10.9. The molecule has 0 heterocycles. The summed E-state index contributed by atoms with van der Waals surface area (Å²) in [6, 6.07) is 14.4. The lowest BCUT2D eigenvalue weighted by Gasteiger charge is -2.05. The van der Waals surface area contributed by atoms with Crippen molar-refractivity contribution in [3.8, 4) is 11.1 Å². The molecule has 0 aliphatic rings. The first kappa shape index (κ1) is 12.5. The monoisotopic (exact) mass is 242 g/mol. The van der Waals surface area contributed by atoms with Gasteiger partial charge in [0.25, 0.3) is 0 Å². The summed E-state index contributed by atoms with van der Waals surface area (Å²) in [6.45, 7) is 1.59. The number of hydrogen-bond acceptors (Lipinski definition) is 1. The van der Waals surface area contributed by atoms with E-state index in [0.29, 0.717) is 12.0 Å². The maximum Gasteiger partial charge on any atom is 0.131 e. The molecule has 2 aromatic carbocycles. The van der Waals surface area contributed by atoms with Gasteiger partial charge in [0, 0.05) is 12.0 Å². The molecular weight excluding hydrogens is 227 g/mol. The average molecular weight is 242 g/mol. The first-order valence-corrected chi connectivity index (χ1v) is 6.00. The minimum atomic E-state index is -0.214. The molecule has 0 saturated heterocycles. The minimum Gasteiger partial charge on any atom is -0.300 e. The van der Waals surface area contributed by atoms with Gasteiger partial charge in [0.15, 0.2) is 0 Å². The molecular formula is C16H15FO. The zero-order valence-electron chi connectivity index (χ0n) is 10.3. The number of hydrogen-bond donors (Lipinski definition) is 0. The van der Waals surface area contributed by atoms with Gasteiger partial charge in [0.05, 0.1) is 0 Å². The predicted octanol–water partition coefficient (Wildman–Crippen LogP) is 4.01. The molecule has 1 nitrogen and oxygen atoms in total. The van der Waals surface area contributed by atoms with Gasteiger partial charge in [-0.1, -0.05) is 42.5 Å². The van der Waals surface area contributed by atoms with E-state index < -0.39 is 0 Å². The van der Waals surface area contributed by atoms with E-state index in [9.17, 15) is 9.18 Å². The Labute approximate surface area is 106 Å². The Balaban J connectivity index is 2.17. The highest BCUT2D eigenvalue weighted by Gasteiger charge is 2.04. The predicted molar refractivity (Wildman–Crippen MR) is 70.8 cm³/mol. The maximum absolute atomic E-state index is 13.6. The third kappa shape index (κ3) is 3.04. The van der Waals surface area contributed by atoms with Crippen LogP contribution in [0, 0.1) is 5.82 Å². The van der Waals surface area contributed by atoms with Crippen molar-refractivity contribution in [1.29, 1.82) is 0 Å². The molecule has 0 bridgehead atoms. The lowest BCUT2D eigenvalue weighted by atomic mass is 10.0. The Morgan fingerprint density at radius 2 is 1.72 bits per heavy atom. The second kappa shape index (κ2) is 5.58. The Morgan fingerprint density at radius 3 is 2.33 bits per heavy atom. The molecule has 0 aromatic heterocycles. The topological polar surface area (TPSA) is 17.1 Å². The molecule has 0 radical (unpaired) electrons. The van der Waals surface area contributed by atoms with Crippen molar-refractivity contribution in [2.45, 2.75) is 19.8 Å². The second-order valence-corrected chi connectivity index (χ2v) is 4.38. The maximum atomic E-state index is 13.6. The van der Waals surface area contributed by atoms with E-state index >= 15 is 0 Å². The standard InChI is InChI=1S/C16H15FO/c1-12(18)6-7-13-8-10-14(11-9-13)15-4-2-3-5-16(15)17/h2-5,8-11H,6-7H2,1H3. The number of halogens is 1. The summed E-state index contributed by atoms with van der Waals surface area (Å²) < 4.78 is 13.6. The molecule has 0 aliphatic heterocycles. The van der Waals surface area contributed by atoms with Crippen LogP contribution in [0.25, 0.3) is 11.1 Å². The van der Waals surface area contributed by atoms with Crippen LogP contribution >= 0.6 is 0 Å². The highest BCUT2D eigenvalue weighted by molar-refractivity contribution is 5.75. The van der Waals surface area contributed by atoms with Gasteiger partial charge in [-0.15, -0.1) is 0 Å². The quantitative estimate of drug-likeness (QED) is 0.791. The summed E-state index contributed by atoms with van der Waals surface area (Å²) >= 11 is 0. The number of carbonyl (C=O) groups excluding carboxylic acids is 1. The van der Waals surface area contributed by atoms with Crippen molar-refractivity contribution in [2.75, 3.05) is 0 Å². The summed E-state index contributed by atoms with van der Waals surface area (Å²) in [5, 5.41) is 0. The van der Waals surface area contributed by atoms with E-state index in [1.807, 2.05) is 30.3 Å². The molecule has 2 aromatic rings. The second-order valence-electron chi connectivity index (χ2n) is 4.38. The molecule has 0 amide bonds. The largest absolute Gasteiger partial charge is 0.300 e. The Kier molecular flexibility index (Phi) is 3.88. The molecule has 0 aliphatic carbocycles. The van der Waals surface area contributed by atoms with Crippen LogP contribution in [0.3, 0.4) is 0 Å². The van der Waals surface area contributed by atoms with Crippen molar-refractivity contribution >= 4 is 5.78 Å². The van der Waals surface area contributed by atoms with Gasteiger partial charge in [0.1, 0.15) is 11.6 Å². The molecule has 2 heteroatoms. The van der Waals surface area contributed by atoms with Crippen LogP contribution in [0.2, 0.25) is 0 Å². The van der Waals surface area contributed by atoms with Crippen LogP contribution in [-0.4, -0.2) is 5.78 Å². The van der Waals surface area contributed by atoms with E-state index in [0.717, 1.165) is 17.5 Å². The Hall–Kier alpha value is -1.96. The highest BCUT2D eigenvalue weighted by Crippen LogP contribution is 2.22. The molecule has 0 N–H and O–H groups in total. The van der Waals surface area contributed by atoms with Crippen molar-refractivity contribution in [2.24, 2.45) is 0 Å². The minimum absolute atomic E-state index is 0.188. The lowest BCUT2D eigenvalue weighted by molar-refractivity contribution is -0.116. The van der Waals surface area contributed by atoms with Gasteiger partial charge in [-0.05, 0) is 30.5 Å². The molecule has 18 heavy (non-hydrogen) atoms. The first-order chi connectivity index (χ1) is 8.66. The Bertz CT molecular complexity index is 543. The molecule has 92 valence electrons. The van der Waals surface area contributed by atoms with E-state index in [1.54, 1.807) is 19.1 Å². The number of ketones is 1. The third-order valence-corrected chi connectivity index (χ3v) is 2.90. The van der Waals surface area contributed by atoms with Gasteiger partial charge >= 0.3 is 0 Å². The van der Waals surface area contributed by atoms with Crippen molar-refractivity contribution in [3.63, 3.8) is 0 Å². The molecule has 0 fully saturated rings. The molecule has 0 atom stereocenters. The number of Topliss-reactive ketones (excluding diaryl/α,β-unsaturated/α-hetero) is 1. The Morgan fingerprint density at radius 1 is 1.06 bits per heavy atom. The van der Waals surface area contributed by atoms with Gasteiger partial charge in [-0.3, -0.25) is 0 Å². The van der Waals surface area contributed by atoms with Crippen LogP contribution < -0.4 is 0 Å². The first-order valence-electron chi connectivity index (χ1n) is 6.00. The number of aryl methyl sites for hydroxylation is 1. The molecule has 0 spiro atoms. The third-order valence-electron chi connectivity index (χ3n) is 2.90. The van der Waals surface area contributed by atoms with Crippen molar-refractivity contribution in [1.82, 2.24) is 0 Å². The smallest absolute Gasteiger partial charge is 0.131 e.